The van der Waals surface area contributed by atoms with Crippen molar-refractivity contribution in [1.82, 2.24) is 10.2 Å². The Morgan fingerprint density at radius 2 is 2.04 bits per heavy atom. The van der Waals surface area contributed by atoms with Crippen molar-refractivity contribution in [3.05, 3.63) is 29.8 Å². The number of nitrogens with zero attached hydrogens (tertiary/aromatic N) is 2. The maximum atomic E-state index is 11.4. The largest absolute Gasteiger partial charge is 0.509 e. The van der Waals surface area contributed by atoms with Crippen LogP contribution in [0.4, 0.5) is 15.6 Å². The molecular weight excluding hydrogens is 334 g/mol. The number of nitrogens with one attached hydrogen (secondary N) is 1. The lowest BCUT2D eigenvalue weighted by Gasteiger charge is -2.12. The molecule has 0 saturated carbocycles. The molecule has 0 fully saturated rings. The lowest BCUT2D eigenvalue weighted by Crippen LogP contribution is -2.17. The van der Waals surface area contributed by atoms with Crippen molar-refractivity contribution in [3.63, 3.8) is 0 Å². The molecule has 1 aromatic carbocycles. The molecule has 0 bridgehead atoms. The minimum Gasteiger partial charge on any atom is -0.432 e. The van der Waals surface area contributed by atoms with Gasteiger partial charge in [0.15, 0.2) is 9.78 Å². The second-order valence-electron chi connectivity index (χ2n) is 5.09. The first-order valence-corrected chi connectivity index (χ1v) is 8.83. The van der Waals surface area contributed by atoms with E-state index < -0.39 is 11.6 Å². The zero-order chi connectivity index (χ0) is 16.8. The number of hydrogen-bond acceptors (Lipinski definition) is 8. The van der Waals surface area contributed by atoms with Crippen molar-refractivity contribution in [2.24, 2.45) is 0 Å². The third-order valence-electron chi connectivity index (χ3n) is 2.54. The first-order chi connectivity index (χ1) is 10.9. The minimum atomic E-state index is -0.678. The first-order valence-electron chi connectivity index (χ1n) is 7.13. The fourth-order valence-electron chi connectivity index (χ4n) is 1.68. The van der Waals surface area contributed by atoms with Gasteiger partial charge in [0.2, 0.25) is 5.13 Å². The standard InChI is InChI=1S/C15H19N3O3S2/c1-9(2)20-15(19)21-11(4)22-14-18-17-13(23-14)16-12-7-5-6-10(3)8-12/h5-9,11H,1-4H3,(H,16,17). The Bertz CT molecular complexity index is 661. The summed E-state index contributed by atoms with van der Waals surface area (Å²) in [5, 5.41) is 12.1. The first kappa shape index (κ1) is 17.6. The van der Waals surface area contributed by atoms with E-state index in [2.05, 4.69) is 15.5 Å². The molecule has 0 spiro atoms. The molecule has 0 saturated heterocycles. The van der Waals surface area contributed by atoms with Gasteiger partial charge in [0.05, 0.1) is 6.10 Å². The minimum absolute atomic E-state index is 0.202. The van der Waals surface area contributed by atoms with E-state index in [-0.39, 0.29) is 6.10 Å². The summed E-state index contributed by atoms with van der Waals surface area (Å²) < 4.78 is 10.8. The molecule has 6 nitrogen and oxygen atoms in total. The third kappa shape index (κ3) is 6.07. The highest BCUT2D eigenvalue weighted by Gasteiger charge is 2.16. The highest BCUT2D eigenvalue weighted by atomic mass is 32.2. The van der Waals surface area contributed by atoms with Crippen molar-refractivity contribution >= 4 is 40.1 Å². The third-order valence-corrected chi connectivity index (χ3v) is 4.42. The predicted octanol–water partition coefficient (Wildman–Crippen LogP) is 4.59. The van der Waals surface area contributed by atoms with E-state index >= 15 is 0 Å². The Balaban J connectivity index is 1.88. The summed E-state index contributed by atoms with van der Waals surface area (Å²) in [5.74, 6) is 0. The normalized spacial score (nSPS) is 12.0. The van der Waals surface area contributed by atoms with E-state index in [1.807, 2.05) is 31.2 Å². The smallest absolute Gasteiger partial charge is 0.432 e. The number of carbonyl (C=O) groups excluding carboxylic acids is 1. The topological polar surface area (TPSA) is 73.3 Å². The van der Waals surface area contributed by atoms with Crippen LogP contribution in [0.1, 0.15) is 26.3 Å². The van der Waals surface area contributed by atoms with Gasteiger partial charge in [-0.05, 0) is 57.2 Å². The van der Waals surface area contributed by atoms with E-state index in [4.69, 9.17) is 9.47 Å². The molecule has 0 aliphatic rings. The summed E-state index contributed by atoms with van der Waals surface area (Å²) >= 11 is 2.72. The van der Waals surface area contributed by atoms with Gasteiger partial charge in [-0.1, -0.05) is 23.5 Å². The van der Waals surface area contributed by atoms with Gasteiger partial charge in [-0.3, -0.25) is 0 Å². The Morgan fingerprint density at radius 1 is 1.26 bits per heavy atom. The van der Waals surface area contributed by atoms with Gasteiger partial charge in [0.1, 0.15) is 0 Å². The molecular formula is C15H19N3O3S2. The highest BCUT2D eigenvalue weighted by molar-refractivity contribution is 8.01. The van der Waals surface area contributed by atoms with Crippen LogP contribution in [-0.2, 0) is 9.47 Å². The SMILES string of the molecule is Cc1cccc(Nc2nnc(SC(C)OC(=O)OC(C)C)s2)c1. The molecule has 1 aromatic heterocycles. The Kier molecular flexibility index (Phi) is 6.23. The van der Waals surface area contributed by atoms with Crippen LogP contribution in [0.5, 0.6) is 0 Å². The molecule has 8 heteroatoms. The molecule has 0 radical (unpaired) electrons. The molecule has 1 N–H and O–H groups in total. The average molecular weight is 353 g/mol. The number of aryl methyl sites for hydroxylation is 1. The molecule has 1 unspecified atom stereocenters. The summed E-state index contributed by atoms with van der Waals surface area (Å²) in [4.78, 5) is 11.4. The summed E-state index contributed by atoms with van der Waals surface area (Å²) in [6, 6.07) is 8.00. The average Bonchev–Trinajstić information content (AvgIpc) is 2.84. The lowest BCUT2D eigenvalue weighted by atomic mass is 10.2. The van der Waals surface area contributed by atoms with Gasteiger partial charge in [-0.15, -0.1) is 10.2 Å². The van der Waals surface area contributed by atoms with Crippen LogP contribution in [-0.4, -0.2) is 27.9 Å². The molecule has 124 valence electrons. The van der Waals surface area contributed by atoms with Gasteiger partial charge in [-0.25, -0.2) is 4.79 Å². The van der Waals surface area contributed by atoms with E-state index in [9.17, 15) is 4.79 Å². The van der Waals surface area contributed by atoms with Crippen LogP contribution in [0.25, 0.3) is 0 Å². The zero-order valence-corrected chi connectivity index (χ0v) is 15.0. The maximum Gasteiger partial charge on any atom is 0.509 e. The summed E-state index contributed by atoms with van der Waals surface area (Å²) in [7, 11) is 0. The van der Waals surface area contributed by atoms with Gasteiger partial charge < -0.3 is 14.8 Å². The quantitative estimate of drug-likeness (QED) is 0.462. The van der Waals surface area contributed by atoms with Crippen LogP contribution < -0.4 is 5.32 Å². The van der Waals surface area contributed by atoms with Gasteiger partial charge in [-0.2, -0.15) is 0 Å². The van der Waals surface area contributed by atoms with Gasteiger partial charge >= 0.3 is 6.16 Å². The number of thioether (sulfide) groups is 1. The molecule has 0 aliphatic carbocycles. The molecule has 1 atom stereocenters. The number of rotatable bonds is 6. The predicted molar refractivity (Wildman–Crippen MR) is 92.4 cm³/mol. The number of hydrogen-bond donors (Lipinski definition) is 1. The van der Waals surface area contributed by atoms with Crippen molar-refractivity contribution in [1.29, 1.82) is 0 Å². The molecule has 0 amide bonds. The number of anilines is 2. The van der Waals surface area contributed by atoms with E-state index in [1.165, 1.54) is 28.7 Å². The van der Waals surface area contributed by atoms with Crippen molar-refractivity contribution in [2.75, 3.05) is 5.32 Å². The molecule has 0 aliphatic heterocycles. The van der Waals surface area contributed by atoms with Crippen molar-refractivity contribution in [3.8, 4) is 0 Å². The van der Waals surface area contributed by atoms with E-state index in [0.29, 0.717) is 9.47 Å². The lowest BCUT2D eigenvalue weighted by molar-refractivity contribution is 0.0312. The van der Waals surface area contributed by atoms with E-state index in [1.54, 1.807) is 20.8 Å². The maximum absolute atomic E-state index is 11.4. The highest BCUT2D eigenvalue weighted by Crippen LogP contribution is 2.31. The molecule has 1 heterocycles. The fraction of sp³-hybridized carbons (Fsp3) is 0.400. The van der Waals surface area contributed by atoms with Gasteiger partial charge in [0, 0.05) is 5.69 Å². The van der Waals surface area contributed by atoms with Crippen LogP contribution in [0.2, 0.25) is 0 Å². The Labute approximate surface area is 143 Å². The van der Waals surface area contributed by atoms with Crippen LogP contribution in [0.3, 0.4) is 0 Å². The van der Waals surface area contributed by atoms with Gasteiger partial charge in [0.25, 0.3) is 0 Å². The second kappa shape index (κ2) is 8.16. The Hall–Kier alpha value is -1.80. The number of benzene rings is 1. The number of ether oxygens (including phenoxy) is 2. The summed E-state index contributed by atoms with van der Waals surface area (Å²) in [5.41, 5.74) is 1.73. The Morgan fingerprint density at radius 3 is 2.74 bits per heavy atom. The molecule has 2 rings (SSSR count). The van der Waals surface area contributed by atoms with Crippen molar-refractivity contribution < 1.29 is 14.3 Å². The molecule has 2 aromatic rings. The van der Waals surface area contributed by atoms with Crippen LogP contribution in [0, 0.1) is 6.92 Å². The van der Waals surface area contributed by atoms with E-state index in [0.717, 1.165) is 5.69 Å². The fourth-order valence-corrected chi connectivity index (χ4v) is 3.51. The number of aromatic nitrogens is 2. The molecule has 23 heavy (non-hydrogen) atoms. The van der Waals surface area contributed by atoms with Crippen molar-refractivity contribution in [2.45, 2.75) is 43.6 Å². The zero-order valence-electron chi connectivity index (χ0n) is 13.4. The summed E-state index contributed by atoms with van der Waals surface area (Å²) in [6.07, 6.45) is -0.881. The van der Waals surface area contributed by atoms with Crippen LogP contribution in [0.15, 0.2) is 28.6 Å². The van der Waals surface area contributed by atoms with Crippen LogP contribution >= 0.6 is 23.1 Å². The number of carbonyl (C=O) groups is 1. The summed E-state index contributed by atoms with van der Waals surface area (Å²) in [6.45, 7) is 7.34. The second-order valence-corrected chi connectivity index (χ2v) is 7.61. The monoisotopic (exact) mass is 353 g/mol.